The number of carbonyl (C=O) groups excluding carboxylic acids is 1. The number of hydrogen-bond donors (Lipinski definition) is 1. The van der Waals surface area contributed by atoms with Crippen LogP contribution in [0, 0.1) is 0 Å². The van der Waals surface area contributed by atoms with Crippen molar-refractivity contribution in [2.24, 2.45) is 5.73 Å². The van der Waals surface area contributed by atoms with Gasteiger partial charge in [0.15, 0.2) is 0 Å². The van der Waals surface area contributed by atoms with Crippen molar-refractivity contribution in [2.75, 3.05) is 6.54 Å². The van der Waals surface area contributed by atoms with Gasteiger partial charge in [0.25, 0.3) is 0 Å². The van der Waals surface area contributed by atoms with E-state index in [4.69, 9.17) is 5.73 Å². The van der Waals surface area contributed by atoms with Gasteiger partial charge in [-0.1, -0.05) is 0 Å². The first kappa shape index (κ1) is 8.82. The predicted molar refractivity (Wildman–Crippen MR) is 54.0 cm³/mol. The van der Waals surface area contributed by atoms with Crippen LogP contribution in [0.15, 0.2) is 11.1 Å². The van der Waals surface area contributed by atoms with Gasteiger partial charge in [-0.05, 0) is 25.8 Å². The van der Waals surface area contributed by atoms with Crippen molar-refractivity contribution >= 4 is 13.8 Å². The number of hydrogen-bond acceptors (Lipinski definition) is 2. The summed E-state index contributed by atoms with van der Waals surface area (Å²) in [6.45, 7) is 4.67. The van der Waals surface area contributed by atoms with Gasteiger partial charge in [-0.3, -0.25) is 4.79 Å². The highest BCUT2D eigenvalue weighted by molar-refractivity contribution is 6.22. The molecule has 0 aliphatic carbocycles. The van der Waals surface area contributed by atoms with Crippen LogP contribution in [0.2, 0.25) is 0 Å². The van der Waals surface area contributed by atoms with Crippen molar-refractivity contribution in [1.82, 2.24) is 4.90 Å². The second-order valence-corrected chi connectivity index (χ2v) is 4.40. The van der Waals surface area contributed by atoms with E-state index in [9.17, 15) is 4.79 Å². The van der Waals surface area contributed by atoms with Crippen molar-refractivity contribution in [3.8, 4) is 0 Å². The third-order valence-corrected chi connectivity index (χ3v) is 3.61. The molecule has 2 aliphatic heterocycles. The van der Waals surface area contributed by atoms with Crippen molar-refractivity contribution < 1.29 is 4.79 Å². The van der Waals surface area contributed by atoms with Gasteiger partial charge in [0.05, 0.1) is 0 Å². The second-order valence-electron chi connectivity index (χ2n) is 4.40. The Kier molecular flexibility index (Phi) is 1.61. The number of carbonyl (C=O) groups is 1. The zero-order valence-electron chi connectivity index (χ0n) is 8.42. The van der Waals surface area contributed by atoms with E-state index in [1.54, 1.807) is 0 Å². The summed E-state index contributed by atoms with van der Waals surface area (Å²) in [4.78, 5) is 13.7. The molecule has 1 fully saturated rings. The molecule has 2 rings (SSSR count). The smallest absolute Gasteiger partial charge is 0.249 e. The SMILES string of the molecule is BC12CC(N)CN1C(=O)C(C)=C2C. The van der Waals surface area contributed by atoms with Gasteiger partial charge >= 0.3 is 0 Å². The minimum Gasteiger partial charge on any atom is -0.336 e. The van der Waals surface area contributed by atoms with Crippen molar-refractivity contribution in [2.45, 2.75) is 31.7 Å². The molecule has 1 amide bonds. The van der Waals surface area contributed by atoms with Gasteiger partial charge in [0, 0.05) is 23.6 Å². The third kappa shape index (κ3) is 0.922. The Labute approximate surface area is 79.4 Å². The summed E-state index contributed by atoms with van der Waals surface area (Å²) in [5, 5.41) is 0. The molecule has 13 heavy (non-hydrogen) atoms. The van der Waals surface area contributed by atoms with E-state index in [0.29, 0.717) is 6.54 Å². The number of fused-ring (bicyclic) bond motifs is 1. The normalized spacial score (nSPS) is 38.8. The summed E-state index contributed by atoms with van der Waals surface area (Å²) < 4.78 is 0. The molecule has 0 bridgehead atoms. The summed E-state index contributed by atoms with van der Waals surface area (Å²) in [7, 11) is 2.11. The highest BCUT2D eigenvalue weighted by atomic mass is 16.2. The lowest BCUT2D eigenvalue weighted by Crippen LogP contribution is -2.43. The summed E-state index contributed by atoms with van der Waals surface area (Å²) in [6, 6.07) is 0.150. The monoisotopic (exact) mass is 178 g/mol. The van der Waals surface area contributed by atoms with Crippen LogP contribution in [-0.4, -0.2) is 36.7 Å². The lowest BCUT2D eigenvalue weighted by molar-refractivity contribution is -0.126. The maximum atomic E-state index is 11.8. The van der Waals surface area contributed by atoms with Crippen LogP contribution in [0.1, 0.15) is 20.3 Å². The average molecular weight is 178 g/mol. The third-order valence-electron chi connectivity index (χ3n) is 3.61. The Bertz CT molecular complexity index is 313. The number of rotatable bonds is 0. The van der Waals surface area contributed by atoms with E-state index in [-0.39, 0.29) is 17.4 Å². The highest BCUT2D eigenvalue weighted by Crippen LogP contribution is 2.40. The van der Waals surface area contributed by atoms with E-state index in [1.807, 2.05) is 18.7 Å². The largest absolute Gasteiger partial charge is 0.336 e. The molecule has 2 heterocycles. The first-order valence-corrected chi connectivity index (χ1v) is 4.72. The number of amides is 1. The molecule has 0 aromatic carbocycles. The minimum atomic E-state index is -0.0828. The fourth-order valence-corrected chi connectivity index (χ4v) is 2.55. The molecule has 2 N–H and O–H groups in total. The lowest BCUT2D eigenvalue weighted by Gasteiger charge is -2.29. The van der Waals surface area contributed by atoms with Gasteiger partial charge in [0.2, 0.25) is 5.91 Å². The maximum absolute atomic E-state index is 11.8. The van der Waals surface area contributed by atoms with Gasteiger partial charge in [-0.25, -0.2) is 0 Å². The Morgan fingerprint density at radius 3 is 2.77 bits per heavy atom. The molecule has 0 saturated carbocycles. The first-order chi connectivity index (χ1) is 5.97. The fourth-order valence-electron chi connectivity index (χ4n) is 2.55. The lowest BCUT2D eigenvalue weighted by atomic mass is 9.71. The summed E-state index contributed by atoms with van der Waals surface area (Å²) in [5.41, 5.74) is 7.89. The molecule has 3 nitrogen and oxygen atoms in total. The molecule has 0 aromatic heterocycles. The van der Waals surface area contributed by atoms with Crippen LogP contribution in [-0.2, 0) is 4.79 Å². The Morgan fingerprint density at radius 2 is 2.23 bits per heavy atom. The minimum absolute atomic E-state index is 0.0828. The van der Waals surface area contributed by atoms with E-state index in [2.05, 4.69) is 7.85 Å². The Morgan fingerprint density at radius 1 is 1.62 bits per heavy atom. The standard InChI is InChI=1S/C9H15BN2O/c1-5-6(2)9(10)3-7(11)4-12(9)8(5)13/h7H,3-4,10-11H2,1-2H3. The first-order valence-electron chi connectivity index (χ1n) is 4.72. The van der Waals surface area contributed by atoms with Crippen LogP contribution in [0.3, 0.4) is 0 Å². The Balaban J connectivity index is 2.45. The molecule has 0 radical (unpaired) electrons. The summed E-state index contributed by atoms with van der Waals surface area (Å²) in [5.74, 6) is 0.174. The second kappa shape index (κ2) is 2.38. The molecule has 2 unspecified atom stereocenters. The van der Waals surface area contributed by atoms with Gasteiger partial charge in [-0.2, -0.15) is 0 Å². The van der Waals surface area contributed by atoms with Crippen LogP contribution < -0.4 is 5.73 Å². The van der Waals surface area contributed by atoms with E-state index < -0.39 is 0 Å². The molecule has 4 heteroatoms. The number of nitrogens with two attached hydrogens (primary N) is 1. The van der Waals surface area contributed by atoms with Gasteiger partial charge in [0.1, 0.15) is 7.85 Å². The molecule has 1 saturated heterocycles. The number of nitrogens with zero attached hydrogens (tertiary/aromatic N) is 1. The van der Waals surface area contributed by atoms with Crippen LogP contribution in [0.5, 0.6) is 0 Å². The van der Waals surface area contributed by atoms with Gasteiger partial charge in [-0.15, -0.1) is 0 Å². The van der Waals surface area contributed by atoms with Crippen molar-refractivity contribution in [1.29, 1.82) is 0 Å². The zero-order chi connectivity index (χ0) is 9.80. The molecule has 0 aromatic rings. The average Bonchev–Trinajstić information content (AvgIpc) is 2.44. The molecule has 0 spiro atoms. The van der Waals surface area contributed by atoms with E-state index in [0.717, 1.165) is 12.0 Å². The predicted octanol–water partition coefficient (Wildman–Crippen LogP) is -0.775. The summed E-state index contributed by atoms with van der Waals surface area (Å²) in [6.07, 6.45) is 0.905. The fraction of sp³-hybridized carbons (Fsp3) is 0.667. The van der Waals surface area contributed by atoms with Crippen molar-refractivity contribution in [3.05, 3.63) is 11.1 Å². The zero-order valence-corrected chi connectivity index (χ0v) is 8.42. The quantitative estimate of drug-likeness (QED) is 0.495. The highest BCUT2D eigenvalue weighted by Gasteiger charge is 2.49. The van der Waals surface area contributed by atoms with E-state index >= 15 is 0 Å². The molecular formula is C9H15BN2O. The maximum Gasteiger partial charge on any atom is 0.249 e. The Hall–Kier alpha value is -0.765. The van der Waals surface area contributed by atoms with E-state index in [1.165, 1.54) is 5.57 Å². The van der Waals surface area contributed by atoms with Crippen LogP contribution in [0.4, 0.5) is 0 Å². The van der Waals surface area contributed by atoms with Gasteiger partial charge < -0.3 is 10.6 Å². The molecular weight excluding hydrogens is 163 g/mol. The van der Waals surface area contributed by atoms with Crippen molar-refractivity contribution in [3.63, 3.8) is 0 Å². The molecule has 2 atom stereocenters. The van der Waals surface area contributed by atoms with Crippen LogP contribution >= 0.6 is 0 Å². The summed E-state index contributed by atoms with van der Waals surface area (Å²) >= 11 is 0. The molecule has 2 aliphatic rings. The molecule has 70 valence electrons. The van der Waals surface area contributed by atoms with Crippen LogP contribution in [0.25, 0.3) is 0 Å². The topological polar surface area (TPSA) is 46.3 Å².